The van der Waals surface area contributed by atoms with E-state index in [0.29, 0.717) is 25.6 Å². The molecule has 1 fully saturated rings. The van der Waals surface area contributed by atoms with E-state index in [1.165, 1.54) is 6.08 Å². The van der Waals surface area contributed by atoms with Gasteiger partial charge in [0.2, 0.25) is 0 Å². The number of carbonyl (C=O) groups excluding carboxylic acids is 2. The molecule has 0 aliphatic carbocycles. The van der Waals surface area contributed by atoms with Gasteiger partial charge in [-0.05, 0) is 45.9 Å². The maximum atomic E-state index is 12.9. The molecule has 0 bridgehead atoms. The molecule has 6 heteroatoms. The van der Waals surface area contributed by atoms with Gasteiger partial charge in [-0.2, -0.15) is 0 Å². The molecule has 27 heavy (non-hydrogen) atoms. The van der Waals surface area contributed by atoms with Crippen LogP contribution < -0.4 is 0 Å². The lowest BCUT2D eigenvalue weighted by Gasteiger charge is -2.39. The summed E-state index contributed by atoms with van der Waals surface area (Å²) in [4.78, 5) is 33.3. The normalized spacial score (nSPS) is 22.4. The third-order valence-electron chi connectivity index (χ3n) is 5.24. The SMILES string of the molecule is CN(CCc1ccccn1)[C@@H]1CCCN(C(=O)C2=CC(=O)CC(C)(C)O2)C1. The van der Waals surface area contributed by atoms with Crippen molar-refractivity contribution in [2.24, 2.45) is 0 Å². The van der Waals surface area contributed by atoms with Crippen LogP contribution in [-0.2, 0) is 20.7 Å². The average Bonchev–Trinajstić information content (AvgIpc) is 2.65. The number of likely N-dealkylation sites (tertiary alicyclic amines) is 1. The van der Waals surface area contributed by atoms with Gasteiger partial charge in [0.1, 0.15) is 5.60 Å². The number of allylic oxidation sites excluding steroid dienone is 1. The highest BCUT2D eigenvalue weighted by atomic mass is 16.5. The summed E-state index contributed by atoms with van der Waals surface area (Å²) >= 11 is 0. The number of nitrogens with zero attached hydrogens (tertiary/aromatic N) is 3. The molecule has 1 atom stereocenters. The fourth-order valence-corrected chi connectivity index (χ4v) is 3.76. The third-order valence-corrected chi connectivity index (χ3v) is 5.24. The minimum Gasteiger partial charge on any atom is -0.481 e. The summed E-state index contributed by atoms with van der Waals surface area (Å²) in [7, 11) is 2.10. The Labute approximate surface area is 161 Å². The highest BCUT2D eigenvalue weighted by Crippen LogP contribution is 2.27. The van der Waals surface area contributed by atoms with Crippen LogP contribution in [0.5, 0.6) is 0 Å². The largest absolute Gasteiger partial charge is 0.481 e. The predicted octanol–water partition coefficient (Wildman–Crippen LogP) is 2.20. The highest BCUT2D eigenvalue weighted by Gasteiger charge is 2.35. The van der Waals surface area contributed by atoms with E-state index >= 15 is 0 Å². The Bertz CT molecular complexity index is 715. The number of aromatic nitrogens is 1. The number of piperidine rings is 1. The number of carbonyl (C=O) groups is 2. The molecule has 0 radical (unpaired) electrons. The van der Waals surface area contributed by atoms with Crippen molar-refractivity contribution in [1.29, 1.82) is 0 Å². The Morgan fingerprint density at radius 2 is 2.22 bits per heavy atom. The molecule has 3 rings (SSSR count). The van der Waals surface area contributed by atoms with E-state index in [9.17, 15) is 9.59 Å². The van der Waals surface area contributed by atoms with Crippen LogP contribution in [0.3, 0.4) is 0 Å². The van der Waals surface area contributed by atoms with Crippen LogP contribution in [0.15, 0.2) is 36.2 Å². The first-order valence-corrected chi connectivity index (χ1v) is 9.67. The second kappa shape index (κ2) is 8.21. The van der Waals surface area contributed by atoms with Gasteiger partial charge in [-0.3, -0.25) is 14.6 Å². The summed E-state index contributed by atoms with van der Waals surface area (Å²) in [6.07, 6.45) is 6.39. The van der Waals surface area contributed by atoms with Gasteiger partial charge in [0.05, 0.1) is 0 Å². The first kappa shape index (κ1) is 19.5. The molecular formula is C21H29N3O3. The van der Waals surface area contributed by atoms with Gasteiger partial charge in [-0.25, -0.2) is 0 Å². The molecule has 3 heterocycles. The molecule has 6 nitrogen and oxygen atoms in total. The number of likely N-dealkylation sites (N-methyl/N-ethyl adjacent to an activating group) is 1. The number of rotatable bonds is 5. The molecule has 0 saturated carbocycles. The summed E-state index contributed by atoms with van der Waals surface area (Å²) in [5.41, 5.74) is 0.459. The zero-order valence-corrected chi connectivity index (χ0v) is 16.5. The minimum absolute atomic E-state index is 0.0457. The molecule has 0 spiro atoms. The Balaban J connectivity index is 1.58. The lowest BCUT2D eigenvalue weighted by Crippen LogP contribution is -2.50. The minimum atomic E-state index is -0.620. The third kappa shape index (κ3) is 5.16. The quantitative estimate of drug-likeness (QED) is 0.794. The van der Waals surface area contributed by atoms with Crippen LogP contribution in [0.1, 0.15) is 38.8 Å². The van der Waals surface area contributed by atoms with E-state index in [1.54, 1.807) is 0 Å². The van der Waals surface area contributed by atoms with Gasteiger partial charge in [0.15, 0.2) is 11.5 Å². The molecule has 2 aliphatic heterocycles. The first-order chi connectivity index (χ1) is 12.8. The van der Waals surface area contributed by atoms with E-state index in [4.69, 9.17) is 4.74 Å². The van der Waals surface area contributed by atoms with Crippen LogP contribution in [0.2, 0.25) is 0 Å². The standard InChI is InChI=1S/C21H29N3O3/c1-21(2)14-18(25)13-19(27-21)20(26)24-11-6-8-17(15-24)23(3)12-9-16-7-4-5-10-22-16/h4-5,7,10,13,17H,6,8-9,11-12,14-15H2,1-3H3/t17-/m1/s1. The zero-order valence-electron chi connectivity index (χ0n) is 16.5. The predicted molar refractivity (Wildman–Crippen MR) is 103 cm³/mol. The van der Waals surface area contributed by atoms with Gasteiger partial charge in [0.25, 0.3) is 5.91 Å². The number of hydrogen-bond acceptors (Lipinski definition) is 5. The Kier molecular flexibility index (Phi) is 5.95. The highest BCUT2D eigenvalue weighted by molar-refractivity contribution is 6.01. The lowest BCUT2D eigenvalue weighted by atomic mass is 9.98. The van der Waals surface area contributed by atoms with E-state index in [2.05, 4.69) is 16.9 Å². The second-order valence-electron chi connectivity index (χ2n) is 8.11. The Morgan fingerprint density at radius 3 is 2.93 bits per heavy atom. The molecule has 0 N–H and O–H groups in total. The van der Waals surface area contributed by atoms with Crippen molar-refractivity contribution in [3.8, 4) is 0 Å². The van der Waals surface area contributed by atoms with E-state index in [1.807, 2.05) is 43.1 Å². The van der Waals surface area contributed by atoms with Crippen LogP contribution in [0.4, 0.5) is 0 Å². The van der Waals surface area contributed by atoms with Crippen molar-refractivity contribution in [1.82, 2.24) is 14.8 Å². The number of ether oxygens (including phenoxy) is 1. The fourth-order valence-electron chi connectivity index (χ4n) is 3.76. The maximum Gasteiger partial charge on any atom is 0.289 e. The topological polar surface area (TPSA) is 62.7 Å². The lowest BCUT2D eigenvalue weighted by molar-refractivity contribution is -0.139. The van der Waals surface area contributed by atoms with Gasteiger partial charge in [0, 0.05) is 56.5 Å². The first-order valence-electron chi connectivity index (χ1n) is 9.67. The van der Waals surface area contributed by atoms with Crippen LogP contribution >= 0.6 is 0 Å². The summed E-state index contributed by atoms with van der Waals surface area (Å²) in [6.45, 7) is 5.95. The molecular weight excluding hydrogens is 342 g/mol. The molecule has 0 aromatic carbocycles. The number of pyridine rings is 1. The van der Waals surface area contributed by atoms with Crippen molar-refractivity contribution >= 4 is 11.7 Å². The van der Waals surface area contributed by atoms with Crippen molar-refractivity contribution in [2.75, 3.05) is 26.7 Å². The monoisotopic (exact) mass is 371 g/mol. The summed E-state index contributed by atoms with van der Waals surface area (Å²) in [5, 5.41) is 0. The molecule has 0 unspecified atom stereocenters. The van der Waals surface area contributed by atoms with Gasteiger partial charge in [-0.15, -0.1) is 0 Å². The van der Waals surface area contributed by atoms with Crippen LogP contribution in [0, 0.1) is 0 Å². The molecule has 1 aromatic rings. The van der Waals surface area contributed by atoms with Crippen molar-refractivity contribution in [2.45, 2.75) is 51.2 Å². The smallest absolute Gasteiger partial charge is 0.289 e. The van der Waals surface area contributed by atoms with Crippen LogP contribution in [0.25, 0.3) is 0 Å². The van der Waals surface area contributed by atoms with Gasteiger partial charge in [-0.1, -0.05) is 6.07 Å². The summed E-state index contributed by atoms with van der Waals surface area (Å²) in [5.74, 6) is -0.0253. The van der Waals surface area contributed by atoms with E-state index in [-0.39, 0.29) is 17.4 Å². The Hall–Kier alpha value is -2.21. The summed E-state index contributed by atoms with van der Waals surface area (Å²) in [6, 6.07) is 6.27. The van der Waals surface area contributed by atoms with E-state index < -0.39 is 5.60 Å². The fraction of sp³-hybridized carbons (Fsp3) is 0.571. The molecule has 1 aromatic heterocycles. The number of hydrogen-bond donors (Lipinski definition) is 0. The Morgan fingerprint density at radius 1 is 1.41 bits per heavy atom. The molecule has 1 amide bonds. The molecule has 1 saturated heterocycles. The van der Waals surface area contributed by atoms with Crippen molar-refractivity contribution in [3.63, 3.8) is 0 Å². The van der Waals surface area contributed by atoms with Gasteiger partial charge >= 0.3 is 0 Å². The van der Waals surface area contributed by atoms with E-state index in [0.717, 1.165) is 31.5 Å². The molecule has 146 valence electrons. The zero-order chi connectivity index (χ0) is 19.4. The van der Waals surface area contributed by atoms with Gasteiger partial charge < -0.3 is 14.5 Å². The number of amides is 1. The van der Waals surface area contributed by atoms with Crippen LogP contribution in [-0.4, -0.2) is 64.8 Å². The average molecular weight is 371 g/mol. The van der Waals surface area contributed by atoms with Crippen molar-refractivity contribution in [3.05, 3.63) is 41.9 Å². The molecule has 2 aliphatic rings. The second-order valence-corrected chi connectivity index (χ2v) is 8.11. The van der Waals surface area contributed by atoms with Crippen molar-refractivity contribution < 1.29 is 14.3 Å². The maximum absolute atomic E-state index is 12.9. The summed E-state index contributed by atoms with van der Waals surface area (Å²) < 4.78 is 5.79. The number of ketones is 1.